The van der Waals surface area contributed by atoms with Gasteiger partial charge in [-0.25, -0.2) is 4.68 Å². The first kappa shape index (κ1) is 20.6. The number of nitrogens with zero attached hydrogens (tertiary/aromatic N) is 2. The first-order valence-electron chi connectivity index (χ1n) is 10.2. The lowest BCUT2D eigenvalue weighted by atomic mass is 9.93. The third-order valence-corrected chi connectivity index (χ3v) is 5.32. The van der Waals surface area contributed by atoms with E-state index < -0.39 is 11.5 Å². The van der Waals surface area contributed by atoms with Crippen LogP contribution in [0.3, 0.4) is 0 Å². The van der Waals surface area contributed by atoms with Crippen molar-refractivity contribution in [3.05, 3.63) is 70.9 Å². The smallest absolute Gasteiger partial charge is 0.315 e. The van der Waals surface area contributed by atoms with Crippen molar-refractivity contribution in [2.45, 2.75) is 38.7 Å². The number of hydrogen-bond donors (Lipinski definition) is 1. The van der Waals surface area contributed by atoms with Crippen molar-refractivity contribution in [2.24, 2.45) is 0 Å². The number of halogens is 1. The molecule has 30 heavy (non-hydrogen) atoms. The zero-order chi connectivity index (χ0) is 21.3. The third-order valence-electron chi connectivity index (χ3n) is 5.07. The summed E-state index contributed by atoms with van der Waals surface area (Å²) in [5.74, 6) is -0.675. The number of rotatable bonds is 3. The van der Waals surface area contributed by atoms with Gasteiger partial charge in [0, 0.05) is 35.7 Å². The van der Waals surface area contributed by atoms with Crippen LogP contribution in [-0.2, 0) is 16.0 Å². The first-order valence-corrected chi connectivity index (χ1v) is 10.6. The van der Waals surface area contributed by atoms with Crippen LogP contribution >= 0.6 is 11.6 Å². The standard InChI is InChI=1S/C24H26ClN3O2/c1-24(2,3)30-23(29)19-15-26-14-13-20-21(19)22(16-9-11-17(25)12-10-16)27-28(20)18-7-5-4-6-8-18/h4-12,19,26H,13-15H2,1-3H3. The molecule has 0 aliphatic carbocycles. The van der Waals surface area contributed by atoms with Crippen LogP contribution in [0.5, 0.6) is 0 Å². The van der Waals surface area contributed by atoms with Crippen LogP contribution in [0, 0.1) is 0 Å². The topological polar surface area (TPSA) is 56.1 Å². The molecule has 0 saturated carbocycles. The molecule has 1 aliphatic heterocycles. The maximum absolute atomic E-state index is 13.2. The molecule has 1 N–H and O–H groups in total. The highest BCUT2D eigenvalue weighted by atomic mass is 35.5. The van der Waals surface area contributed by atoms with E-state index in [9.17, 15) is 4.79 Å². The van der Waals surface area contributed by atoms with Crippen molar-refractivity contribution in [3.8, 4) is 16.9 Å². The fraction of sp³-hybridized carbons (Fsp3) is 0.333. The second-order valence-corrected chi connectivity index (χ2v) is 8.94. The minimum atomic E-state index is -0.556. The Balaban J connectivity index is 1.91. The Hall–Kier alpha value is -2.63. The van der Waals surface area contributed by atoms with Crippen LogP contribution in [0.1, 0.15) is 37.9 Å². The molecule has 1 aromatic heterocycles. The number of carbonyl (C=O) groups is 1. The number of esters is 1. The molecule has 156 valence electrons. The molecule has 0 fully saturated rings. The normalized spacial score (nSPS) is 16.6. The Morgan fingerprint density at radius 3 is 2.50 bits per heavy atom. The van der Waals surface area contributed by atoms with Crippen molar-refractivity contribution >= 4 is 17.6 Å². The van der Waals surface area contributed by atoms with Gasteiger partial charge in [-0.05, 0) is 45.0 Å². The number of aromatic nitrogens is 2. The molecule has 1 atom stereocenters. The predicted molar refractivity (Wildman–Crippen MR) is 119 cm³/mol. The number of carbonyl (C=O) groups excluding carboxylic acids is 1. The summed E-state index contributed by atoms with van der Waals surface area (Å²) in [6, 6.07) is 17.6. The predicted octanol–water partition coefficient (Wildman–Crippen LogP) is 4.76. The molecule has 0 radical (unpaired) electrons. The Morgan fingerprint density at radius 2 is 1.83 bits per heavy atom. The lowest BCUT2D eigenvalue weighted by Crippen LogP contribution is -2.32. The maximum atomic E-state index is 13.2. The van der Waals surface area contributed by atoms with Gasteiger partial charge in [-0.1, -0.05) is 41.9 Å². The molecule has 5 nitrogen and oxygen atoms in total. The average Bonchev–Trinajstić information content (AvgIpc) is 2.93. The number of ether oxygens (including phenoxy) is 1. The van der Waals surface area contributed by atoms with Crippen LogP contribution in [0.15, 0.2) is 54.6 Å². The molecular weight excluding hydrogens is 398 g/mol. The minimum Gasteiger partial charge on any atom is -0.459 e. The molecule has 0 saturated heterocycles. The van der Waals surface area contributed by atoms with E-state index in [2.05, 4.69) is 5.32 Å². The highest BCUT2D eigenvalue weighted by molar-refractivity contribution is 6.30. The lowest BCUT2D eigenvalue weighted by Gasteiger charge is -2.24. The molecule has 6 heteroatoms. The van der Waals surface area contributed by atoms with Crippen molar-refractivity contribution < 1.29 is 9.53 Å². The minimum absolute atomic E-state index is 0.235. The summed E-state index contributed by atoms with van der Waals surface area (Å²) in [5.41, 5.74) is 4.11. The third kappa shape index (κ3) is 4.27. The molecule has 1 aliphatic rings. The van der Waals surface area contributed by atoms with Gasteiger partial charge >= 0.3 is 5.97 Å². The second kappa shape index (κ2) is 8.25. The summed E-state index contributed by atoms with van der Waals surface area (Å²) in [5, 5.41) is 9.04. The fourth-order valence-corrected chi connectivity index (χ4v) is 3.93. The molecule has 0 bridgehead atoms. The number of para-hydroxylation sites is 1. The molecular formula is C24H26ClN3O2. The van der Waals surface area contributed by atoms with Crippen molar-refractivity contribution in [2.75, 3.05) is 13.1 Å². The Labute approximate surface area is 182 Å². The molecule has 3 aromatic rings. The zero-order valence-electron chi connectivity index (χ0n) is 17.5. The van der Waals surface area contributed by atoms with Gasteiger partial charge in [0.15, 0.2) is 0 Å². The van der Waals surface area contributed by atoms with E-state index in [1.807, 2.05) is 80.1 Å². The average molecular weight is 424 g/mol. The van der Waals surface area contributed by atoms with Crippen molar-refractivity contribution in [1.82, 2.24) is 15.1 Å². The van der Waals surface area contributed by atoms with E-state index in [0.717, 1.165) is 41.2 Å². The van der Waals surface area contributed by atoms with E-state index in [4.69, 9.17) is 21.4 Å². The first-order chi connectivity index (χ1) is 14.3. The number of nitrogens with one attached hydrogen (secondary N) is 1. The molecule has 2 heterocycles. The Bertz CT molecular complexity index is 1040. The van der Waals surface area contributed by atoms with E-state index in [1.54, 1.807) is 0 Å². The second-order valence-electron chi connectivity index (χ2n) is 8.50. The van der Waals surface area contributed by atoms with E-state index in [-0.39, 0.29) is 5.97 Å². The quantitative estimate of drug-likeness (QED) is 0.617. The molecule has 2 aromatic carbocycles. The summed E-state index contributed by atoms with van der Waals surface area (Å²) in [4.78, 5) is 13.2. The largest absolute Gasteiger partial charge is 0.459 e. The summed E-state index contributed by atoms with van der Waals surface area (Å²) in [6.45, 7) is 6.96. The maximum Gasteiger partial charge on any atom is 0.315 e. The summed E-state index contributed by atoms with van der Waals surface area (Å²) in [6.07, 6.45) is 0.768. The Kier molecular flexibility index (Phi) is 5.67. The van der Waals surface area contributed by atoms with Crippen molar-refractivity contribution in [1.29, 1.82) is 0 Å². The number of fused-ring (bicyclic) bond motifs is 1. The highest BCUT2D eigenvalue weighted by Gasteiger charge is 2.35. The molecule has 4 rings (SSSR count). The van der Waals surface area contributed by atoms with Crippen LogP contribution < -0.4 is 5.32 Å². The van der Waals surface area contributed by atoms with Crippen LogP contribution in [0.25, 0.3) is 16.9 Å². The summed E-state index contributed by atoms with van der Waals surface area (Å²) >= 11 is 6.11. The van der Waals surface area contributed by atoms with Gasteiger partial charge in [-0.15, -0.1) is 0 Å². The van der Waals surface area contributed by atoms with E-state index in [0.29, 0.717) is 11.6 Å². The van der Waals surface area contributed by atoms with Gasteiger partial charge in [-0.3, -0.25) is 4.79 Å². The highest BCUT2D eigenvalue weighted by Crippen LogP contribution is 2.36. The van der Waals surface area contributed by atoms with Crippen LogP contribution in [-0.4, -0.2) is 34.4 Å². The molecule has 0 amide bonds. The van der Waals surface area contributed by atoms with E-state index in [1.165, 1.54) is 0 Å². The summed E-state index contributed by atoms with van der Waals surface area (Å²) in [7, 11) is 0. The van der Waals surface area contributed by atoms with Gasteiger partial charge in [0.1, 0.15) is 5.60 Å². The molecule has 0 spiro atoms. The van der Waals surface area contributed by atoms with Crippen LogP contribution in [0.2, 0.25) is 5.02 Å². The van der Waals surface area contributed by atoms with Gasteiger partial charge in [0.05, 0.1) is 23.0 Å². The number of benzene rings is 2. The SMILES string of the molecule is CC(C)(C)OC(=O)C1CNCCc2c1c(-c1ccc(Cl)cc1)nn2-c1ccccc1. The summed E-state index contributed by atoms with van der Waals surface area (Å²) < 4.78 is 7.74. The van der Waals surface area contributed by atoms with Gasteiger partial charge in [0.25, 0.3) is 0 Å². The Morgan fingerprint density at radius 1 is 1.13 bits per heavy atom. The monoisotopic (exact) mass is 423 g/mol. The van der Waals surface area contributed by atoms with E-state index >= 15 is 0 Å². The molecule has 1 unspecified atom stereocenters. The van der Waals surface area contributed by atoms with Crippen LogP contribution in [0.4, 0.5) is 0 Å². The lowest BCUT2D eigenvalue weighted by molar-refractivity contribution is -0.156. The zero-order valence-corrected chi connectivity index (χ0v) is 18.2. The van der Waals surface area contributed by atoms with Gasteiger partial charge < -0.3 is 10.1 Å². The van der Waals surface area contributed by atoms with Gasteiger partial charge in [0.2, 0.25) is 0 Å². The van der Waals surface area contributed by atoms with Crippen molar-refractivity contribution in [3.63, 3.8) is 0 Å². The fourth-order valence-electron chi connectivity index (χ4n) is 3.80. The number of hydrogen-bond acceptors (Lipinski definition) is 4. The van der Waals surface area contributed by atoms with Gasteiger partial charge in [-0.2, -0.15) is 5.10 Å².